The Morgan fingerprint density at radius 1 is 1.22 bits per heavy atom. The number of hydrogen-bond acceptors (Lipinski definition) is 6. The van der Waals surface area contributed by atoms with Gasteiger partial charge in [0.1, 0.15) is 11.6 Å². The van der Waals surface area contributed by atoms with Crippen molar-refractivity contribution in [1.29, 1.82) is 0 Å². The highest BCUT2D eigenvalue weighted by molar-refractivity contribution is 5.79. The number of carbonyl (C=O) groups excluding carboxylic acids is 1. The molecule has 7 nitrogen and oxygen atoms in total. The number of amides is 1. The second-order valence-electron chi connectivity index (χ2n) is 8.69. The van der Waals surface area contributed by atoms with Crippen LogP contribution in [0.15, 0.2) is 41.1 Å². The van der Waals surface area contributed by atoms with Gasteiger partial charge in [0.05, 0.1) is 30.5 Å². The van der Waals surface area contributed by atoms with Gasteiger partial charge < -0.3 is 14.2 Å². The van der Waals surface area contributed by atoms with Crippen molar-refractivity contribution in [2.75, 3.05) is 20.2 Å². The van der Waals surface area contributed by atoms with Gasteiger partial charge in [-0.25, -0.2) is 9.97 Å². The topological polar surface area (TPSA) is 81.4 Å². The van der Waals surface area contributed by atoms with E-state index in [0.717, 1.165) is 60.0 Å². The third kappa shape index (κ3) is 4.82. The number of piperidine rings is 1. The Balaban J connectivity index is 1.41. The van der Waals surface area contributed by atoms with Crippen LogP contribution in [0.3, 0.4) is 0 Å². The lowest BCUT2D eigenvalue weighted by molar-refractivity contribution is -0.131. The lowest BCUT2D eigenvalue weighted by atomic mass is 9.94. The third-order valence-corrected chi connectivity index (χ3v) is 6.00. The predicted octanol–water partition coefficient (Wildman–Crippen LogP) is 4.52. The van der Waals surface area contributed by atoms with Crippen molar-refractivity contribution in [2.24, 2.45) is 0 Å². The van der Waals surface area contributed by atoms with Crippen LogP contribution < -0.4 is 4.74 Å². The summed E-state index contributed by atoms with van der Waals surface area (Å²) in [6.45, 7) is 7.60. The molecule has 1 aliphatic heterocycles. The number of hydrogen-bond donors (Lipinski definition) is 0. The van der Waals surface area contributed by atoms with Crippen molar-refractivity contribution < 1.29 is 14.1 Å². The van der Waals surface area contributed by atoms with Crippen LogP contribution >= 0.6 is 0 Å². The maximum absolute atomic E-state index is 12.8. The van der Waals surface area contributed by atoms with E-state index in [-0.39, 0.29) is 17.7 Å². The highest BCUT2D eigenvalue weighted by Gasteiger charge is 2.27. The number of methoxy groups -OCH3 is 1. The maximum atomic E-state index is 12.8. The lowest BCUT2D eigenvalue weighted by Gasteiger charge is -2.31. The van der Waals surface area contributed by atoms with Crippen LogP contribution in [-0.4, -0.2) is 46.1 Å². The van der Waals surface area contributed by atoms with E-state index in [1.54, 1.807) is 7.11 Å². The minimum absolute atomic E-state index is 0.161. The molecule has 0 atom stereocenters. The number of rotatable bonds is 6. The van der Waals surface area contributed by atoms with Gasteiger partial charge in [-0.15, -0.1) is 0 Å². The van der Waals surface area contributed by atoms with Crippen molar-refractivity contribution >= 4 is 5.91 Å². The molecule has 3 aromatic rings. The number of likely N-dealkylation sites (tertiary alicyclic amines) is 1. The van der Waals surface area contributed by atoms with E-state index >= 15 is 0 Å². The number of carbonyl (C=O) groups is 1. The van der Waals surface area contributed by atoms with Gasteiger partial charge in [-0.3, -0.25) is 4.79 Å². The Morgan fingerprint density at radius 2 is 1.94 bits per heavy atom. The molecule has 1 aliphatic rings. The fraction of sp³-hybridized carbons (Fsp3) is 0.440. The average molecular weight is 435 g/mol. The van der Waals surface area contributed by atoms with Crippen LogP contribution in [0, 0.1) is 6.92 Å². The minimum Gasteiger partial charge on any atom is -0.497 e. The van der Waals surface area contributed by atoms with E-state index in [1.165, 1.54) is 0 Å². The molecule has 32 heavy (non-hydrogen) atoms. The first-order valence-corrected chi connectivity index (χ1v) is 11.2. The maximum Gasteiger partial charge on any atom is 0.226 e. The second kappa shape index (κ2) is 9.51. The van der Waals surface area contributed by atoms with Gasteiger partial charge in [-0.05, 0) is 43.4 Å². The average Bonchev–Trinajstić information content (AvgIpc) is 3.25. The quantitative estimate of drug-likeness (QED) is 0.567. The van der Waals surface area contributed by atoms with Crippen molar-refractivity contribution in [3.8, 4) is 17.1 Å². The first-order valence-electron chi connectivity index (χ1n) is 11.2. The summed E-state index contributed by atoms with van der Waals surface area (Å²) in [5.74, 6) is 3.01. The zero-order valence-corrected chi connectivity index (χ0v) is 19.2. The van der Waals surface area contributed by atoms with E-state index in [9.17, 15) is 4.79 Å². The Labute approximate surface area is 188 Å². The standard InChI is InChI=1S/C25H30N4O3/c1-16(2)24-21(22-13-17(3)28-32-22)15-26-25(27-24)19-9-11-29(12-10-19)23(30)14-18-5-7-20(31-4)8-6-18/h5-8,13,15-16,19H,9-12,14H2,1-4H3. The lowest BCUT2D eigenvalue weighted by Crippen LogP contribution is -2.39. The van der Waals surface area contributed by atoms with E-state index in [2.05, 4.69) is 24.0 Å². The number of aromatic nitrogens is 3. The number of benzene rings is 1. The molecule has 0 saturated carbocycles. The summed E-state index contributed by atoms with van der Waals surface area (Å²) in [7, 11) is 1.64. The van der Waals surface area contributed by atoms with Gasteiger partial charge in [-0.2, -0.15) is 0 Å². The SMILES string of the molecule is COc1ccc(CC(=O)N2CCC(c3ncc(-c4cc(C)no4)c(C(C)C)n3)CC2)cc1. The Bertz CT molecular complexity index is 1070. The molecule has 2 aromatic heterocycles. The summed E-state index contributed by atoms with van der Waals surface area (Å²) in [6, 6.07) is 9.59. The molecule has 0 unspecified atom stereocenters. The van der Waals surface area contributed by atoms with Gasteiger partial charge in [-0.1, -0.05) is 31.1 Å². The molecule has 4 rings (SSSR count). The van der Waals surface area contributed by atoms with Gasteiger partial charge in [0.15, 0.2) is 5.76 Å². The van der Waals surface area contributed by atoms with Crippen molar-refractivity contribution in [1.82, 2.24) is 20.0 Å². The Hall–Kier alpha value is -3.22. The van der Waals surface area contributed by atoms with Crippen LogP contribution in [0.1, 0.15) is 61.3 Å². The van der Waals surface area contributed by atoms with Gasteiger partial charge in [0.25, 0.3) is 0 Å². The van der Waals surface area contributed by atoms with E-state index < -0.39 is 0 Å². The summed E-state index contributed by atoms with van der Waals surface area (Å²) in [4.78, 5) is 24.3. The first-order chi connectivity index (χ1) is 15.4. The zero-order valence-electron chi connectivity index (χ0n) is 19.2. The largest absolute Gasteiger partial charge is 0.497 e. The van der Waals surface area contributed by atoms with Crippen molar-refractivity contribution in [2.45, 2.75) is 51.9 Å². The van der Waals surface area contributed by atoms with Crippen LogP contribution in [0.5, 0.6) is 5.75 Å². The van der Waals surface area contributed by atoms with Crippen molar-refractivity contribution in [3.63, 3.8) is 0 Å². The summed E-state index contributed by atoms with van der Waals surface area (Å²) in [6.07, 6.45) is 4.01. The Morgan fingerprint density at radius 3 is 2.53 bits per heavy atom. The van der Waals surface area contributed by atoms with Crippen molar-refractivity contribution in [3.05, 3.63) is 59.3 Å². The molecular formula is C25H30N4O3. The van der Waals surface area contributed by atoms with Gasteiger partial charge in [0.2, 0.25) is 5.91 Å². The number of ether oxygens (including phenoxy) is 1. The molecule has 0 bridgehead atoms. The monoisotopic (exact) mass is 434 g/mol. The number of aryl methyl sites for hydroxylation is 1. The molecule has 7 heteroatoms. The fourth-order valence-electron chi connectivity index (χ4n) is 4.14. The molecule has 168 valence electrons. The molecule has 0 aliphatic carbocycles. The van der Waals surface area contributed by atoms with Crippen LogP contribution in [0.25, 0.3) is 11.3 Å². The number of nitrogens with zero attached hydrogens (tertiary/aromatic N) is 4. The molecule has 0 spiro atoms. The summed E-state index contributed by atoms with van der Waals surface area (Å²) in [5, 5.41) is 3.99. The first kappa shape index (κ1) is 22.0. The third-order valence-electron chi connectivity index (χ3n) is 6.00. The summed E-state index contributed by atoms with van der Waals surface area (Å²) in [5.41, 5.74) is 3.71. The molecule has 0 radical (unpaired) electrons. The fourth-order valence-corrected chi connectivity index (χ4v) is 4.14. The second-order valence-corrected chi connectivity index (χ2v) is 8.69. The van der Waals surface area contributed by atoms with E-state index in [4.69, 9.17) is 14.2 Å². The summed E-state index contributed by atoms with van der Waals surface area (Å²) < 4.78 is 10.6. The van der Waals surface area contributed by atoms with Gasteiger partial charge in [0, 0.05) is 31.3 Å². The zero-order chi connectivity index (χ0) is 22.7. The van der Waals surface area contributed by atoms with E-state index in [0.29, 0.717) is 12.2 Å². The van der Waals surface area contributed by atoms with Gasteiger partial charge >= 0.3 is 0 Å². The minimum atomic E-state index is 0.161. The molecule has 0 N–H and O–H groups in total. The normalized spacial score (nSPS) is 14.7. The molecule has 3 heterocycles. The molecular weight excluding hydrogens is 404 g/mol. The van der Waals surface area contributed by atoms with E-state index in [1.807, 2.05) is 48.4 Å². The predicted molar refractivity (Wildman–Crippen MR) is 122 cm³/mol. The highest BCUT2D eigenvalue weighted by Crippen LogP contribution is 2.32. The van der Waals surface area contributed by atoms with Crippen LogP contribution in [-0.2, 0) is 11.2 Å². The molecule has 1 aromatic carbocycles. The smallest absolute Gasteiger partial charge is 0.226 e. The molecule has 1 amide bonds. The van der Waals surface area contributed by atoms with Crippen LogP contribution in [0.4, 0.5) is 0 Å². The highest BCUT2D eigenvalue weighted by atomic mass is 16.5. The molecule has 1 fully saturated rings. The Kier molecular flexibility index (Phi) is 6.53. The molecule has 1 saturated heterocycles. The van der Waals surface area contributed by atoms with Crippen LogP contribution in [0.2, 0.25) is 0 Å². The summed E-state index contributed by atoms with van der Waals surface area (Å²) >= 11 is 0.